The van der Waals surface area contributed by atoms with Crippen LogP contribution in [-0.2, 0) is 27.2 Å². The fourth-order valence-corrected chi connectivity index (χ4v) is 3.33. The minimum Gasteiger partial charge on any atom is -0.455 e. The van der Waals surface area contributed by atoms with Gasteiger partial charge in [0.1, 0.15) is 0 Å². The van der Waals surface area contributed by atoms with Gasteiger partial charge in [-0.25, -0.2) is 4.98 Å². The molecule has 0 radical (unpaired) electrons. The Bertz CT molecular complexity index is 870. The lowest BCUT2D eigenvalue weighted by molar-refractivity contribution is -0.148. The van der Waals surface area contributed by atoms with Gasteiger partial charge in [0.15, 0.2) is 11.6 Å². The molecule has 3 aromatic rings. The summed E-state index contributed by atoms with van der Waals surface area (Å²) >= 11 is 1.50. The molecule has 2 aromatic heterocycles. The number of hydrogen-bond acceptors (Lipinski definition) is 5. The van der Waals surface area contributed by atoms with Crippen LogP contribution >= 0.6 is 11.3 Å². The second-order valence-electron chi connectivity index (χ2n) is 6.05. The maximum atomic E-state index is 12.0. The Kier molecular flexibility index (Phi) is 5.68. The van der Waals surface area contributed by atoms with Gasteiger partial charge in [-0.1, -0.05) is 31.2 Å². The topological polar surface area (TPSA) is 72.7 Å². The molecule has 0 fully saturated rings. The van der Waals surface area contributed by atoms with Crippen molar-refractivity contribution >= 4 is 28.2 Å². The highest BCUT2D eigenvalue weighted by molar-refractivity contribution is 7.15. The van der Waals surface area contributed by atoms with Crippen molar-refractivity contribution in [3.8, 4) is 0 Å². The number of thiazole rings is 1. The van der Waals surface area contributed by atoms with E-state index < -0.39 is 5.97 Å². The summed E-state index contributed by atoms with van der Waals surface area (Å²) in [5.41, 5.74) is 2.90. The van der Waals surface area contributed by atoms with Gasteiger partial charge in [0.05, 0.1) is 18.2 Å². The van der Waals surface area contributed by atoms with Gasteiger partial charge in [0, 0.05) is 17.8 Å². The molecule has 1 amide bonds. The number of ether oxygens (including phenoxy) is 1. The Balaban J connectivity index is 1.45. The van der Waals surface area contributed by atoms with Gasteiger partial charge in [0.25, 0.3) is 5.91 Å². The number of esters is 1. The van der Waals surface area contributed by atoms with E-state index in [4.69, 9.17) is 4.74 Å². The number of fused-ring (bicyclic) bond motifs is 1. The summed E-state index contributed by atoms with van der Waals surface area (Å²) < 4.78 is 6.91. The molecular formula is C19H21N3O3S. The minimum absolute atomic E-state index is 0.0513. The minimum atomic E-state index is -0.467. The number of carbonyl (C=O) groups is 2. The van der Waals surface area contributed by atoms with E-state index in [9.17, 15) is 9.59 Å². The zero-order chi connectivity index (χ0) is 18.5. The molecule has 0 bridgehead atoms. The fourth-order valence-electron chi connectivity index (χ4n) is 2.61. The van der Waals surface area contributed by atoms with Crippen LogP contribution in [0.25, 0.3) is 4.96 Å². The molecular weight excluding hydrogens is 350 g/mol. The monoisotopic (exact) mass is 371 g/mol. The van der Waals surface area contributed by atoms with Gasteiger partial charge in [-0.2, -0.15) is 0 Å². The molecule has 1 aromatic carbocycles. The van der Waals surface area contributed by atoms with Crippen molar-refractivity contribution in [3.05, 3.63) is 58.9 Å². The van der Waals surface area contributed by atoms with Gasteiger partial charge >= 0.3 is 5.97 Å². The van der Waals surface area contributed by atoms with Crippen LogP contribution in [0.1, 0.15) is 36.7 Å². The molecule has 0 saturated carbocycles. The maximum absolute atomic E-state index is 12.0. The number of aryl methyl sites for hydroxylation is 1. The van der Waals surface area contributed by atoms with E-state index in [0.29, 0.717) is 5.69 Å². The second-order valence-corrected chi connectivity index (χ2v) is 6.92. The van der Waals surface area contributed by atoms with Crippen molar-refractivity contribution < 1.29 is 14.3 Å². The van der Waals surface area contributed by atoms with Gasteiger partial charge in [-0.15, -0.1) is 11.3 Å². The first-order chi connectivity index (χ1) is 12.5. The van der Waals surface area contributed by atoms with Crippen molar-refractivity contribution in [2.45, 2.75) is 32.7 Å². The average molecular weight is 371 g/mol. The van der Waals surface area contributed by atoms with Crippen molar-refractivity contribution in [2.24, 2.45) is 0 Å². The van der Waals surface area contributed by atoms with Crippen molar-refractivity contribution in [2.75, 3.05) is 6.61 Å². The molecule has 0 unspecified atom stereocenters. The molecule has 26 heavy (non-hydrogen) atoms. The zero-order valence-electron chi connectivity index (χ0n) is 14.8. The van der Waals surface area contributed by atoms with Gasteiger partial charge < -0.3 is 10.1 Å². The third-order valence-electron chi connectivity index (χ3n) is 4.10. The fraction of sp³-hybridized carbons (Fsp3) is 0.316. The average Bonchev–Trinajstić information content (AvgIpc) is 3.21. The number of amides is 1. The molecule has 3 rings (SSSR count). The molecule has 136 valence electrons. The normalized spacial score (nSPS) is 12.1. The SMILES string of the molecule is CCc1ccc([C@H](C)NC(=O)COC(=O)Cc2cn3ccsc3n2)cc1. The van der Waals surface area contributed by atoms with Crippen LogP contribution in [0.5, 0.6) is 0 Å². The van der Waals surface area contributed by atoms with E-state index in [1.807, 2.05) is 47.2 Å². The molecule has 2 heterocycles. The number of nitrogens with one attached hydrogen (secondary N) is 1. The molecule has 0 aliphatic rings. The number of rotatable bonds is 7. The van der Waals surface area contributed by atoms with Crippen molar-refractivity contribution in [1.29, 1.82) is 0 Å². The van der Waals surface area contributed by atoms with Gasteiger partial charge in [-0.3, -0.25) is 14.0 Å². The Morgan fingerprint density at radius 1 is 1.31 bits per heavy atom. The van der Waals surface area contributed by atoms with Crippen LogP contribution < -0.4 is 5.32 Å². The highest BCUT2D eigenvalue weighted by Gasteiger charge is 2.14. The summed E-state index contributed by atoms with van der Waals surface area (Å²) in [6.07, 6.45) is 4.69. The summed E-state index contributed by atoms with van der Waals surface area (Å²) in [4.78, 5) is 29.0. The first kappa shape index (κ1) is 18.1. The molecule has 6 nitrogen and oxygen atoms in total. The molecule has 0 spiro atoms. The first-order valence-corrected chi connectivity index (χ1v) is 9.38. The summed E-state index contributed by atoms with van der Waals surface area (Å²) in [7, 11) is 0. The summed E-state index contributed by atoms with van der Waals surface area (Å²) in [5.74, 6) is -0.790. The summed E-state index contributed by atoms with van der Waals surface area (Å²) in [6, 6.07) is 7.95. The van der Waals surface area contributed by atoms with Crippen LogP contribution in [0.3, 0.4) is 0 Å². The van der Waals surface area contributed by atoms with Crippen LogP contribution in [0.4, 0.5) is 0 Å². The molecule has 7 heteroatoms. The molecule has 0 aliphatic carbocycles. The lowest BCUT2D eigenvalue weighted by Gasteiger charge is -2.14. The number of imidazole rings is 1. The smallest absolute Gasteiger partial charge is 0.312 e. The van der Waals surface area contributed by atoms with E-state index >= 15 is 0 Å². The highest BCUT2D eigenvalue weighted by Crippen LogP contribution is 2.14. The number of carbonyl (C=O) groups excluding carboxylic acids is 2. The standard InChI is InChI=1S/C19H21N3O3S/c1-3-14-4-6-15(7-5-14)13(2)20-17(23)12-25-18(24)10-16-11-22-8-9-26-19(22)21-16/h4-9,11,13H,3,10,12H2,1-2H3,(H,20,23)/t13-/m0/s1. The second kappa shape index (κ2) is 8.14. The lowest BCUT2D eigenvalue weighted by atomic mass is 10.1. The third kappa shape index (κ3) is 4.49. The van der Waals surface area contributed by atoms with Crippen molar-refractivity contribution in [3.63, 3.8) is 0 Å². The van der Waals surface area contributed by atoms with E-state index in [-0.39, 0.29) is 25.0 Å². The van der Waals surface area contributed by atoms with Crippen LogP contribution in [0, 0.1) is 0 Å². The molecule has 1 N–H and O–H groups in total. The van der Waals surface area contributed by atoms with E-state index in [1.165, 1.54) is 16.9 Å². The maximum Gasteiger partial charge on any atom is 0.312 e. The van der Waals surface area contributed by atoms with Crippen LogP contribution in [-0.4, -0.2) is 27.9 Å². The Morgan fingerprint density at radius 3 is 2.77 bits per heavy atom. The van der Waals surface area contributed by atoms with E-state index in [1.54, 1.807) is 6.20 Å². The number of hydrogen-bond donors (Lipinski definition) is 1. The summed E-state index contributed by atoms with van der Waals surface area (Å²) in [6.45, 7) is 3.71. The largest absolute Gasteiger partial charge is 0.455 e. The first-order valence-electron chi connectivity index (χ1n) is 8.50. The predicted octanol–water partition coefficient (Wildman–Crippen LogP) is 2.92. The Labute approximate surface area is 155 Å². The lowest BCUT2D eigenvalue weighted by Crippen LogP contribution is -2.31. The van der Waals surface area contributed by atoms with Gasteiger partial charge in [0.2, 0.25) is 0 Å². The van der Waals surface area contributed by atoms with E-state index in [2.05, 4.69) is 17.2 Å². The zero-order valence-corrected chi connectivity index (χ0v) is 15.6. The van der Waals surface area contributed by atoms with E-state index in [0.717, 1.165) is 16.9 Å². The van der Waals surface area contributed by atoms with Crippen LogP contribution in [0.2, 0.25) is 0 Å². The molecule has 0 saturated heterocycles. The third-order valence-corrected chi connectivity index (χ3v) is 4.87. The summed E-state index contributed by atoms with van der Waals surface area (Å²) in [5, 5.41) is 4.76. The molecule has 1 atom stereocenters. The Hall–Kier alpha value is -2.67. The quantitative estimate of drug-likeness (QED) is 0.648. The highest BCUT2D eigenvalue weighted by atomic mass is 32.1. The predicted molar refractivity (Wildman–Crippen MR) is 100 cm³/mol. The van der Waals surface area contributed by atoms with Crippen molar-refractivity contribution in [1.82, 2.24) is 14.7 Å². The van der Waals surface area contributed by atoms with Crippen LogP contribution in [0.15, 0.2) is 42.0 Å². The number of aromatic nitrogens is 2. The molecule has 0 aliphatic heterocycles. The van der Waals surface area contributed by atoms with Gasteiger partial charge in [-0.05, 0) is 24.5 Å². The number of nitrogens with zero attached hydrogens (tertiary/aromatic N) is 2. The Morgan fingerprint density at radius 2 is 2.08 bits per heavy atom. The number of benzene rings is 1.